The van der Waals surface area contributed by atoms with E-state index in [4.69, 9.17) is 29.2 Å². The average Bonchev–Trinajstić information content (AvgIpc) is 3.26. The molecule has 0 unspecified atom stereocenters. The van der Waals surface area contributed by atoms with E-state index in [-0.39, 0.29) is 25.1 Å². The molecule has 0 amide bonds. The van der Waals surface area contributed by atoms with Crippen LogP contribution in [0.3, 0.4) is 0 Å². The number of fused-ring (bicyclic) bond motifs is 3. The Labute approximate surface area is 232 Å². The third-order valence-corrected chi connectivity index (χ3v) is 7.56. The van der Waals surface area contributed by atoms with Gasteiger partial charge in [0.15, 0.2) is 5.82 Å². The van der Waals surface area contributed by atoms with Gasteiger partial charge in [-0.2, -0.15) is 5.09 Å². The van der Waals surface area contributed by atoms with Crippen LogP contribution in [0.5, 0.6) is 5.88 Å². The number of benzene rings is 1. The van der Waals surface area contributed by atoms with Crippen LogP contribution in [0.2, 0.25) is 0 Å². The molecule has 3 aromatic heterocycles. The molecule has 0 saturated carbocycles. The fourth-order valence-electron chi connectivity index (χ4n) is 4.16. The molecule has 0 spiro atoms. The predicted octanol–water partition coefficient (Wildman–Crippen LogP) is 4.62. The molecule has 4 aromatic rings. The second kappa shape index (κ2) is 12.7. The lowest BCUT2D eigenvalue weighted by Crippen LogP contribution is -2.37. The number of imidazole rings is 1. The monoisotopic (exact) mass is 570 g/mol. The lowest BCUT2D eigenvalue weighted by atomic mass is 10.2. The Bertz CT molecular complexity index is 1510. The van der Waals surface area contributed by atoms with E-state index in [9.17, 15) is 9.36 Å². The van der Waals surface area contributed by atoms with Crippen LogP contribution in [0.1, 0.15) is 40.4 Å². The first-order valence-corrected chi connectivity index (χ1v) is 14.6. The second-order valence-electron chi connectivity index (χ2n) is 9.50. The van der Waals surface area contributed by atoms with Gasteiger partial charge in [0.05, 0.1) is 29.8 Å². The lowest BCUT2D eigenvalue weighted by molar-refractivity contribution is -0.149. The molecule has 1 aromatic carbocycles. The Kier molecular flexibility index (Phi) is 9.36. The summed E-state index contributed by atoms with van der Waals surface area (Å²) in [4.78, 5) is 25.8. The molecule has 12 nitrogen and oxygen atoms in total. The van der Waals surface area contributed by atoms with E-state index < -0.39 is 25.9 Å². The van der Waals surface area contributed by atoms with Gasteiger partial charge in [-0.05, 0) is 46.8 Å². The summed E-state index contributed by atoms with van der Waals surface area (Å²) in [6.45, 7) is 9.56. The number of para-hydroxylation sites is 1. The van der Waals surface area contributed by atoms with E-state index in [0.717, 1.165) is 10.9 Å². The van der Waals surface area contributed by atoms with Crippen molar-refractivity contribution in [1.29, 1.82) is 0 Å². The third-order valence-electron chi connectivity index (χ3n) is 5.79. The first kappa shape index (κ1) is 29.4. The van der Waals surface area contributed by atoms with Gasteiger partial charge in [-0.15, -0.1) is 0 Å². The molecule has 0 fully saturated rings. The number of carbonyl (C=O) groups excluding carboxylic acids is 1. The number of hydrogen-bond donors (Lipinski definition) is 2. The van der Waals surface area contributed by atoms with Gasteiger partial charge in [0.2, 0.25) is 5.88 Å². The zero-order chi connectivity index (χ0) is 28.9. The Morgan fingerprint density at radius 1 is 1.10 bits per heavy atom. The smallest absolute Gasteiger partial charge is 0.461 e. The number of anilines is 1. The molecule has 40 heavy (non-hydrogen) atoms. The molecule has 3 N–H and O–H groups in total. The van der Waals surface area contributed by atoms with Crippen LogP contribution in [0.15, 0.2) is 48.7 Å². The molecule has 0 aliphatic rings. The van der Waals surface area contributed by atoms with E-state index in [2.05, 4.69) is 15.1 Å². The number of nitrogen functional groups attached to an aromatic ring is 1. The largest absolute Gasteiger partial charge is 0.462 e. The number of nitrogens with zero attached hydrogens (tertiary/aromatic N) is 4. The van der Waals surface area contributed by atoms with Crippen LogP contribution in [-0.2, 0) is 36.5 Å². The summed E-state index contributed by atoms with van der Waals surface area (Å²) in [7, 11) is -4.14. The zero-order valence-corrected chi connectivity index (χ0v) is 24.1. The number of carbonyl (C=O) groups is 1. The summed E-state index contributed by atoms with van der Waals surface area (Å²) in [6.07, 6.45) is 0.463. The van der Waals surface area contributed by atoms with Gasteiger partial charge in [-0.25, -0.2) is 19.5 Å². The summed E-state index contributed by atoms with van der Waals surface area (Å²) in [5.41, 5.74) is 8.30. The maximum absolute atomic E-state index is 14.0. The van der Waals surface area contributed by atoms with Crippen molar-refractivity contribution in [2.24, 2.45) is 0 Å². The first-order chi connectivity index (χ1) is 19.1. The Hall–Kier alpha value is -3.57. The van der Waals surface area contributed by atoms with Gasteiger partial charge in [0.1, 0.15) is 24.0 Å². The summed E-state index contributed by atoms with van der Waals surface area (Å²) in [5.74, 6) is 0.386. The quantitative estimate of drug-likeness (QED) is 0.171. The molecular weight excluding hydrogens is 535 g/mol. The Balaban J connectivity index is 1.68. The molecule has 0 bridgehead atoms. The molecule has 0 saturated heterocycles. The van der Waals surface area contributed by atoms with Crippen molar-refractivity contribution in [3.63, 3.8) is 0 Å². The second-order valence-corrected chi connectivity index (χ2v) is 11.1. The predicted molar refractivity (Wildman–Crippen MR) is 152 cm³/mol. The standard InChI is InChI=1S/C27H35N6O6P/c1-6-36-16-22-31-24-25(20-11-7-8-12-21(20)30-26(24)28)33(22)15-18(4)38-40(35,39-23-13-9-10-14-29-23)32-19(5)27(34)37-17(2)3/h7-14,17-19H,6,15-16H2,1-5H3,(H2,28,30)(H,32,35)/t18-,19+,40-/m1/s1. The fraction of sp³-hybridized carbons (Fsp3) is 0.407. The number of nitrogens with two attached hydrogens (primary N) is 1. The highest BCUT2D eigenvalue weighted by Gasteiger charge is 2.35. The SMILES string of the molecule is CCOCc1nc2c(N)nc3ccccc3c2n1C[C@@H](C)O[P@](=O)(N[C@@H](C)C(=O)OC(C)C)Oc1ccccn1. The van der Waals surface area contributed by atoms with E-state index in [1.165, 1.54) is 13.1 Å². The Morgan fingerprint density at radius 2 is 1.85 bits per heavy atom. The van der Waals surface area contributed by atoms with Gasteiger partial charge in [-0.1, -0.05) is 24.3 Å². The van der Waals surface area contributed by atoms with Crippen LogP contribution in [0.25, 0.3) is 21.9 Å². The van der Waals surface area contributed by atoms with E-state index >= 15 is 0 Å². The summed E-state index contributed by atoms with van der Waals surface area (Å²) >= 11 is 0. The van der Waals surface area contributed by atoms with Gasteiger partial charge >= 0.3 is 13.7 Å². The number of rotatable bonds is 13. The number of nitrogens with one attached hydrogen (secondary N) is 1. The van der Waals surface area contributed by atoms with Crippen molar-refractivity contribution < 1.29 is 27.9 Å². The molecule has 0 aliphatic heterocycles. The molecule has 214 valence electrons. The molecular formula is C27H35N6O6P. The number of esters is 1. The van der Waals surface area contributed by atoms with Crippen molar-refractivity contribution in [3.8, 4) is 5.88 Å². The van der Waals surface area contributed by atoms with Crippen LogP contribution in [0.4, 0.5) is 5.82 Å². The maximum atomic E-state index is 14.0. The number of pyridine rings is 2. The molecule has 4 rings (SSSR count). The van der Waals surface area contributed by atoms with Crippen LogP contribution in [0, 0.1) is 0 Å². The van der Waals surface area contributed by atoms with Crippen LogP contribution < -0.4 is 15.3 Å². The van der Waals surface area contributed by atoms with E-state index in [1.807, 2.05) is 35.8 Å². The van der Waals surface area contributed by atoms with Crippen LogP contribution >= 0.6 is 7.75 Å². The number of aromatic nitrogens is 4. The minimum Gasteiger partial charge on any atom is -0.462 e. The summed E-state index contributed by atoms with van der Waals surface area (Å²) in [6, 6.07) is 11.6. The summed E-state index contributed by atoms with van der Waals surface area (Å²) < 4.78 is 38.6. The van der Waals surface area contributed by atoms with E-state index in [1.54, 1.807) is 39.0 Å². The van der Waals surface area contributed by atoms with Gasteiger partial charge in [0.25, 0.3) is 0 Å². The van der Waals surface area contributed by atoms with Crippen molar-refractivity contribution in [2.75, 3.05) is 12.3 Å². The highest BCUT2D eigenvalue weighted by molar-refractivity contribution is 7.52. The Morgan fingerprint density at radius 3 is 2.55 bits per heavy atom. The van der Waals surface area contributed by atoms with Crippen molar-refractivity contribution in [1.82, 2.24) is 24.6 Å². The maximum Gasteiger partial charge on any atom is 0.461 e. The first-order valence-electron chi connectivity index (χ1n) is 13.1. The van der Waals surface area contributed by atoms with Crippen molar-refractivity contribution in [3.05, 3.63) is 54.5 Å². The topological polar surface area (TPSA) is 153 Å². The van der Waals surface area contributed by atoms with Crippen molar-refractivity contribution in [2.45, 2.75) is 66.0 Å². The van der Waals surface area contributed by atoms with Crippen molar-refractivity contribution >= 4 is 41.5 Å². The van der Waals surface area contributed by atoms with Gasteiger partial charge < -0.3 is 24.3 Å². The van der Waals surface area contributed by atoms with Gasteiger partial charge in [-0.3, -0.25) is 9.32 Å². The van der Waals surface area contributed by atoms with Gasteiger partial charge in [0, 0.05) is 24.3 Å². The third kappa shape index (κ3) is 6.95. The van der Waals surface area contributed by atoms with Crippen LogP contribution in [-0.4, -0.2) is 50.3 Å². The average molecular weight is 571 g/mol. The minimum atomic E-state index is -4.14. The molecule has 13 heteroatoms. The lowest BCUT2D eigenvalue weighted by Gasteiger charge is -2.26. The highest BCUT2D eigenvalue weighted by Crippen LogP contribution is 2.46. The number of ether oxygens (including phenoxy) is 2. The fourth-order valence-corrected chi connectivity index (χ4v) is 5.79. The van der Waals surface area contributed by atoms with E-state index in [0.29, 0.717) is 29.3 Å². The molecule has 0 radical (unpaired) electrons. The molecule has 0 aliphatic carbocycles. The number of hydrogen-bond acceptors (Lipinski definition) is 10. The zero-order valence-electron chi connectivity index (χ0n) is 23.2. The molecule has 3 atom stereocenters. The highest BCUT2D eigenvalue weighted by atomic mass is 31.2. The molecule has 3 heterocycles. The minimum absolute atomic E-state index is 0.0740. The normalized spacial score (nSPS) is 14.8. The summed E-state index contributed by atoms with van der Waals surface area (Å²) in [5, 5.41) is 3.55.